The molecule has 0 aliphatic carbocycles. The van der Waals surface area contributed by atoms with E-state index in [1.807, 2.05) is 6.92 Å². The molecule has 0 bridgehead atoms. The maximum atomic E-state index is 12.7. The minimum atomic E-state index is -4.20. The van der Waals surface area contributed by atoms with Crippen molar-refractivity contribution in [3.8, 4) is 0 Å². The van der Waals surface area contributed by atoms with Crippen LogP contribution < -0.4 is 5.32 Å². The quantitative estimate of drug-likeness (QED) is 0.819. The molecule has 2 nitrogen and oxygen atoms in total. The third-order valence-corrected chi connectivity index (χ3v) is 2.94. The molecule has 0 aliphatic rings. The zero-order valence-electron chi connectivity index (χ0n) is 11.2. The van der Waals surface area contributed by atoms with E-state index in [1.54, 1.807) is 37.4 Å². The Kier molecular flexibility index (Phi) is 6.31. The number of nitrogens with one attached hydrogen (secondary N) is 1. The Morgan fingerprint density at radius 2 is 1.84 bits per heavy atom. The van der Waals surface area contributed by atoms with Gasteiger partial charge in [-0.1, -0.05) is 37.3 Å². The number of hydrogen-bond donors (Lipinski definition) is 1. The first kappa shape index (κ1) is 16.0. The topological polar surface area (TPSA) is 21.3 Å². The van der Waals surface area contributed by atoms with Gasteiger partial charge in [0.25, 0.3) is 0 Å². The number of hydrogen-bond acceptors (Lipinski definition) is 2. The highest BCUT2D eigenvalue weighted by atomic mass is 19.4. The van der Waals surface area contributed by atoms with Crippen LogP contribution in [-0.4, -0.2) is 25.9 Å². The fourth-order valence-corrected chi connectivity index (χ4v) is 1.96. The summed E-state index contributed by atoms with van der Waals surface area (Å²) in [6.45, 7) is 2.32. The van der Waals surface area contributed by atoms with Crippen LogP contribution >= 0.6 is 0 Å². The largest absolute Gasteiger partial charge is 0.390 e. The van der Waals surface area contributed by atoms with Crippen molar-refractivity contribution in [1.29, 1.82) is 0 Å². The molecule has 0 aromatic heterocycles. The summed E-state index contributed by atoms with van der Waals surface area (Å²) in [4.78, 5) is 0. The summed E-state index contributed by atoms with van der Waals surface area (Å²) in [7, 11) is 1.55. The Hall–Kier alpha value is -1.07. The van der Waals surface area contributed by atoms with Crippen molar-refractivity contribution >= 4 is 0 Å². The predicted molar refractivity (Wildman–Crippen MR) is 68.9 cm³/mol. The molecule has 0 radical (unpaired) electrons. The van der Waals surface area contributed by atoms with E-state index in [0.717, 1.165) is 6.42 Å². The average Bonchev–Trinajstić information content (AvgIpc) is 2.36. The molecule has 5 heteroatoms. The van der Waals surface area contributed by atoms with Crippen LogP contribution in [0, 0.1) is 0 Å². The lowest BCUT2D eigenvalue weighted by Gasteiger charge is -2.26. The van der Waals surface area contributed by atoms with Crippen LogP contribution in [0.25, 0.3) is 0 Å². The van der Waals surface area contributed by atoms with Crippen LogP contribution in [0.4, 0.5) is 13.2 Å². The molecule has 0 spiro atoms. The minimum Gasteiger partial charge on any atom is -0.383 e. The number of alkyl halides is 3. The molecule has 1 aromatic rings. The molecule has 0 heterocycles. The number of halogens is 3. The Bertz CT molecular complexity index is 353. The third kappa shape index (κ3) is 6.07. The smallest absolute Gasteiger partial charge is 0.383 e. The van der Waals surface area contributed by atoms with Gasteiger partial charge in [-0.2, -0.15) is 13.2 Å². The van der Waals surface area contributed by atoms with Crippen LogP contribution in [-0.2, 0) is 4.74 Å². The van der Waals surface area contributed by atoms with Crippen LogP contribution in [0.5, 0.6) is 0 Å². The second kappa shape index (κ2) is 7.50. The number of benzene rings is 1. The molecule has 0 amide bonds. The van der Waals surface area contributed by atoms with Gasteiger partial charge in [-0.05, 0) is 12.0 Å². The summed E-state index contributed by atoms with van der Waals surface area (Å²) in [6.07, 6.45) is -4.36. The second-order valence-corrected chi connectivity index (χ2v) is 4.51. The van der Waals surface area contributed by atoms with Crippen molar-refractivity contribution in [2.45, 2.75) is 38.0 Å². The molecule has 1 N–H and O–H groups in total. The van der Waals surface area contributed by atoms with Gasteiger partial charge >= 0.3 is 6.18 Å². The zero-order chi connectivity index (χ0) is 14.3. The van der Waals surface area contributed by atoms with Crippen molar-refractivity contribution in [3.63, 3.8) is 0 Å². The molecule has 0 fully saturated rings. The van der Waals surface area contributed by atoms with Gasteiger partial charge < -0.3 is 10.1 Å². The monoisotopic (exact) mass is 275 g/mol. The fourth-order valence-electron chi connectivity index (χ4n) is 1.96. The highest BCUT2D eigenvalue weighted by molar-refractivity contribution is 5.19. The molecule has 0 aliphatic heterocycles. The lowest BCUT2D eigenvalue weighted by molar-refractivity contribution is -0.141. The summed E-state index contributed by atoms with van der Waals surface area (Å²) in [6, 6.07) is 7.89. The van der Waals surface area contributed by atoms with E-state index >= 15 is 0 Å². The predicted octanol–water partition coefficient (Wildman–Crippen LogP) is 3.69. The molecule has 2 unspecified atom stereocenters. The van der Waals surface area contributed by atoms with Crippen LogP contribution in [0.1, 0.15) is 31.4 Å². The third-order valence-electron chi connectivity index (χ3n) is 2.94. The first-order valence-corrected chi connectivity index (χ1v) is 6.33. The Morgan fingerprint density at radius 3 is 2.32 bits per heavy atom. The van der Waals surface area contributed by atoms with Crippen LogP contribution in [0.3, 0.4) is 0 Å². The zero-order valence-corrected chi connectivity index (χ0v) is 11.2. The van der Waals surface area contributed by atoms with Gasteiger partial charge in [0.2, 0.25) is 0 Å². The Balaban J connectivity index is 2.80. The highest BCUT2D eigenvalue weighted by Crippen LogP contribution is 2.29. The molecule has 108 valence electrons. The first-order chi connectivity index (χ1) is 8.96. The van der Waals surface area contributed by atoms with E-state index in [0.29, 0.717) is 12.2 Å². The highest BCUT2D eigenvalue weighted by Gasteiger charge is 2.33. The van der Waals surface area contributed by atoms with Crippen LogP contribution in [0.15, 0.2) is 30.3 Å². The van der Waals surface area contributed by atoms with E-state index < -0.39 is 18.6 Å². The maximum Gasteiger partial charge on any atom is 0.390 e. The molecule has 19 heavy (non-hydrogen) atoms. The summed E-state index contributed by atoms with van der Waals surface area (Å²) >= 11 is 0. The van der Waals surface area contributed by atoms with Crippen LogP contribution in [0.2, 0.25) is 0 Å². The molecule has 1 rings (SSSR count). The maximum absolute atomic E-state index is 12.7. The van der Waals surface area contributed by atoms with Gasteiger partial charge in [0.1, 0.15) is 0 Å². The molecular weight excluding hydrogens is 255 g/mol. The summed E-state index contributed by atoms with van der Waals surface area (Å²) in [5.74, 6) is 0. The molecule has 2 atom stereocenters. The SMILES string of the molecule is CCC(COC)NC(CC(F)(F)F)c1ccccc1. The normalized spacial score (nSPS) is 15.2. The van der Waals surface area contributed by atoms with Gasteiger partial charge in [0, 0.05) is 19.2 Å². The molecule has 0 saturated heterocycles. The lowest BCUT2D eigenvalue weighted by atomic mass is 10.0. The Morgan fingerprint density at radius 1 is 1.21 bits per heavy atom. The Labute approximate surface area is 112 Å². The van der Waals surface area contributed by atoms with E-state index in [9.17, 15) is 13.2 Å². The van der Waals surface area contributed by atoms with Crippen molar-refractivity contribution in [3.05, 3.63) is 35.9 Å². The number of rotatable bonds is 7. The van der Waals surface area contributed by atoms with Gasteiger partial charge in [0.05, 0.1) is 13.0 Å². The van der Waals surface area contributed by atoms with Crippen molar-refractivity contribution in [1.82, 2.24) is 5.32 Å². The van der Waals surface area contributed by atoms with Crippen molar-refractivity contribution in [2.24, 2.45) is 0 Å². The van der Waals surface area contributed by atoms with E-state index in [4.69, 9.17) is 4.74 Å². The van der Waals surface area contributed by atoms with Gasteiger partial charge in [0.15, 0.2) is 0 Å². The standard InChI is InChI=1S/C14H20F3NO/c1-3-12(10-19-2)18-13(9-14(15,16)17)11-7-5-4-6-8-11/h4-8,12-13,18H,3,9-10H2,1-2H3. The molecular formula is C14H20F3NO. The summed E-state index contributed by atoms with van der Waals surface area (Å²) in [5.41, 5.74) is 0.648. The summed E-state index contributed by atoms with van der Waals surface area (Å²) < 4.78 is 43.0. The average molecular weight is 275 g/mol. The molecule has 0 saturated carbocycles. The fraction of sp³-hybridized carbons (Fsp3) is 0.571. The van der Waals surface area contributed by atoms with Gasteiger partial charge in [-0.3, -0.25) is 0 Å². The van der Waals surface area contributed by atoms with E-state index in [1.165, 1.54) is 0 Å². The lowest BCUT2D eigenvalue weighted by Crippen LogP contribution is -2.37. The van der Waals surface area contributed by atoms with E-state index in [2.05, 4.69) is 5.32 Å². The number of ether oxygens (including phenoxy) is 1. The van der Waals surface area contributed by atoms with Gasteiger partial charge in [-0.25, -0.2) is 0 Å². The van der Waals surface area contributed by atoms with Gasteiger partial charge in [-0.15, -0.1) is 0 Å². The van der Waals surface area contributed by atoms with Crippen molar-refractivity contribution < 1.29 is 17.9 Å². The van der Waals surface area contributed by atoms with E-state index in [-0.39, 0.29) is 6.04 Å². The molecule has 1 aromatic carbocycles. The number of methoxy groups -OCH3 is 1. The first-order valence-electron chi connectivity index (χ1n) is 6.33. The second-order valence-electron chi connectivity index (χ2n) is 4.51. The summed E-state index contributed by atoms with van der Waals surface area (Å²) in [5, 5.41) is 3.03. The van der Waals surface area contributed by atoms with Crippen molar-refractivity contribution in [2.75, 3.05) is 13.7 Å². The minimum absolute atomic E-state index is 0.0856.